The zero-order chi connectivity index (χ0) is 26.0. The van der Waals surface area contributed by atoms with Gasteiger partial charge in [0, 0.05) is 43.0 Å². The van der Waals surface area contributed by atoms with Gasteiger partial charge in [-0.15, -0.1) is 5.10 Å². The molecule has 3 aromatic heterocycles. The average molecular weight is 517 g/mol. The third kappa shape index (κ3) is 5.02. The molecule has 2 N–H and O–H groups in total. The summed E-state index contributed by atoms with van der Waals surface area (Å²) in [5.74, 6) is 2.30. The molecule has 1 saturated heterocycles. The highest BCUT2D eigenvalue weighted by atomic mass is 15.4. The molecule has 1 aliphatic heterocycles. The highest BCUT2D eigenvalue weighted by molar-refractivity contribution is 5.62. The zero-order valence-corrected chi connectivity index (χ0v) is 21.9. The first-order valence-electron chi connectivity index (χ1n) is 13.8. The van der Waals surface area contributed by atoms with Crippen molar-refractivity contribution in [3.05, 3.63) is 108 Å². The van der Waals surface area contributed by atoms with Gasteiger partial charge in [0.25, 0.3) is 0 Å². The maximum Gasteiger partial charge on any atom is 0.222 e. The van der Waals surface area contributed by atoms with E-state index in [0.717, 1.165) is 62.4 Å². The Labute approximate surface area is 228 Å². The van der Waals surface area contributed by atoms with Crippen molar-refractivity contribution in [1.29, 1.82) is 0 Å². The van der Waals surface area contributed by atoms with Crippen LogP contribution in [0.1, 0.15) is 41.1 Å². The minimum Gasteiger partial charge on any atom is -0.358 e. The average Bonchev–Trinajstić information content (AvgIpc) is 3.74. The molecule has 4 heterocycles. The van der Waals surface area contributed by atoms with Crippen molar-refractivity contribution in [2.24, 2.45) is 0 Å². The van der Waals surface area contributed by atoms with Crippen LogP contribution >= 0.6 is 0 Å². The van der Waals surface area contributed by atoms with Crippen LogP contribution in [0.15, 0.2) is 85.3 Å². The largest absolute Gasteiger partial charge is 0.358 e. The summed E-state index contributed by atoms with van der Waals surface area (Å²) in [6, 6.07) is 23.8. The standard InChI is InChI=1S/C31H32N8/c1-2-6-22(7-3-1)21-39-29(20-34-37-39)23-12-14-38(15-13-23)30-11-10-28(36-30)26-18-32-31(33-19-26)35-27-16-24-8-4-5-9-25(24)17-27/h1-11,18-20,23,27,36H,12-17,21H2,(H,32,33,35). The topological polar surface area (TPSA) is 87.6 Å². The van der Waals surface area contributed by atoms with Gasteiger partial charge in [-0.25, -0.2) is 14.6 Å². The quantitative estimate of drug-likeness (QED) is 0.314. The Hall–Kier alpha value is -4.46. The third-order valence-corrected chi connectivity index (χ3v) is 8.09. The third-order valence-electron chi connectivity index (χ3n) is 8.09. The second-order valence-corrected chi connectivity index (χ2v) is 10.6. The van der Waals surface area contributed by atoms with Crippen molar-refractivity contribution in [3.63, 3.8) is 0 Å². The van der Waals surface area contributed by atoms with E-state index in [1.807, 2.05) is 24.7 Å². The van der Waals surface area contributed by atoms with Gasteiger partial charge < -0.3 is 15.2 Å². The van der Waals surface area contributed by atoms with E-state index in [9.17, 15) is 0 Å². The van der Waals surface area contributed by atoms with Gasteiger partial charge in [0.2, 0.25) is 5.95 Å². The van der Waals surface area contributed by atoms with Crippen LogP contribution in [0, 0.1) is 0 Å². The van der Waals surface area contributed by atoms with Crippen LogP contribution in [0.2, 0.25) is 0 Å². The number of rotatable bonds is 7. The summed E-state index contributed by atoms with van der Waals surface area (Å²) in [5.41, 5.74) is 7.35. The molecule has 0 bridgehead atoms. The molecule has 0 radical (unpaired) electrons. The molecule has 0 unspecified atom stereocenters. The van der Waals surface area contributed by atoms with Crippen LogP contribution < -0.4 is 10.2 Å². The van der Waals surface area contributed by atoms with E-state index in [1.165, 1.54) is 22.4 Å². The molecule has 5 aromatic rings. The van der Waals surface area contributed by atoms with Gasteiger partial charge >= 0.3 is 0 Å². The SMILES string of the molecule is c1ccc(Cn2nncc2C2CCN(c3ccc(-c4cnc(NC5Cc6ccccc6C5)nc4)[nH]3)CC2)cc1. The summed E-state index contributed by atoms with van der Waals surface area (Å²) in [6.45, 7) is 2.75. The molecule has 8 nitrogen and oxygen atoms in total. The Morgan fingerprint density at radius 1 is 0.821 bits per heavy atom. The minimum atomic E-state index is 0.348. The van der Waals surface area contributed by atoms with E-state index < -0.39 is 0 Å². The van der Waals surface area contributed by atoms with Crippen molar-refractivity contribution in [3.8, 4) is 11.3 Å². The lowest BCUT2D eigenvalue weighted by atomic mass is 9.93. The second-order valence-electron chi connectivity index (χ2n) is 10.6. The number of benzene rings is 2. The van der Waals surface area contributed by atoms with Crippen molar-refractivity contribution >= 4 is 11.8 Å². The van der Waals surface area contributed by atoms with Gasteiger partial charge in [-0.05, 0) is 54.5 Å². The maximum absolute atomic E-state index is 4.61. The van der Waals surface area contributed by atoms with Crippen LogP contribution in [0.5, 0.6) is 0 Å². The Bertz CT molecular complexity index is 1510. The molecule has 2 aromatic carbocycles. The molecule has 2 aliphatic rings. The van der Waals surface area contributed by atoms with E-state index >= 15 is 0 Å². The number of aromatic amines is 1. The summed E-state index contributed by atoms with van der Waals surface area (Å²) in [6.07, 6.45) is 9.93. The molecule has 1 fully saturated rings. The fourth-order valence-corrected chi connectivity index (χ4v) is 6.00. The molecule has 0 atom stereocenters. The van der Waals surface area contributed by atoms with E-state index in [4.69, 9.17) is 0 Å². The molecule has 39 heavy (non-hydrogen) atoms. The first kappa shape index (κ1) is 23.6. The van der Waals surface area contributed by atoms with Crippen LogP contribution in [0.4, 0.5) is 11.8 Å². The fraction of sp³-hybridized carbons (Fsp3) is 0.290. The second kappa shape index (κ2) is 10.4. The van der Waals surface area contributed by atoms with Crippen molar-refractivity contribution in [2.75, 3.05) is 23.3 Å². The highest BCUT2D eigenvalue weighted by Crippen LogP contribution is 2.31. The first-order valence-corrected chi connectivity index (χ1v) is 13.8. The minimum absolute atomic E-state index is 0.348. The van der Waals surface area contributed by atoms with Gasteiger partial charge in [-0.2, -0.15) is 0 Å². The molecule has 7 rings (SSSR count). The number of nitrogens with zero attached hydrogens (tertiary/aromatic N) is 6. The predicted octanol–water partition coefficient (Wildman–Crippen LogP) is 5.07. The highest BCUT2D eigenvalue weighted by Gasteiger charge is 2.25. The lowest BCUT2D eigenvalue weighted by molar-refractivity contribution is 0.467. The summed E-state index contributed by atoms with van der Waals surface area (Å²) < 4.78 is 2.06. The normalized spacial score (nSPS) is 15.9. The molecular weight excluding hydrogens is 484 g/mol. The number of H-pyrrole nitrogens is 1. The maximum atomic E-state index is 4.61. The van der Waals surface area contributed by atoms with E-state index in [1.54, 1.807) is 0 Å². The molecule has 0 saturated carbocycles. The summed E-state index contributed by atoms with van der Waals surface area (Å²) in [4.78, 5) is 15.2. The van der Waals surface area contributed by atoms with Gasteiger partial charge in [0.05, 0.1) is 24.1 Å². The van der Waals surface area contributed by atoms with Gasteiger partial charge in [0.15, 0.2) is 0 Å². The van der Waals surface area contributed by atoms with Crippen molar-refractivity contribution in [2.45, 2.75) is 44.2 Å². The van der Waals surface area contributed by atoms with Gasteiger partial charge in [0.1, 0.15) is 5.82 Å². The Morgan fingerprint density at radius 3 is 2.28 bits per heavy atom. The summed E-state index contributed by atoms with van der Waals surface area (Å²) in [7, 11) is 0. The fourth-order valence-electron chi connectivity index (χ4n) is 6.00. The van der Waals surface area contributed by atoms with Gasteiger partial charge in [-0.1, -0.05) is 59.8 Å². The zero-order valence-electron chi connectivity index (χ0n) is 21.9. The Morgan fingerprint density at radius 2 is 1.54 bits per heavy atom. The number of hydrogen-bond acceptors (Lipinski definition) is 6. The number of aromatic nitrogens is 6. The summed E-state index contributed by atoms with van der Waals surface area (Å²) >= 11 is 0. The van der Waals surface area contributed by atoms with E-state index in [0.29, 0.717) is 17.9 Å². The molecule has 1 aliphatic carbocycles. The van der Waals surface area contributed by atoms with Crippen molar-refractivity contribution < 1.29 is 0 Å². The van der Waals surface area contributed by atoms with Crippen LogP contribution in [0.3, 0.4) is 0 Å². The first-order chi connectivity index (χ1) is 19.3. The molecule has 0 amide bonds. The summed E-state index contributed by atoms with van der Waals surface area (Å²) in [5, 5.41) is 12.1. The smallest absolute Gasteiger partial charge is 0.222 e. The van der Waals surface area contributed by atoms with Crippen molar-refractivity contribution in [1.82, 2.24) is 29.9 Å². The Balaban J connectivity index is 0.956. The number of piperidine rings is 1. The predicted molar refractivity (Wildman–Crippen MR) is 153 cm³/mol. The lowest BCUT2D eigenvalue weighted by Gasteiger charge is -2.32. The molecule has 0 spiro atoms. The Kier molecular flexibility index (Phi) is 6.28. The number of anilines is 2. The number of fused-ring (bicyclic) bond motifs is 1. The van der Waals surface area contributed by atoms with Crippen LogP contribution in [-0.4, -0.2) is 49.1 Å². The van der Waals surface area contributed by atoms with Crippen LogP contribution in [0.25, 0.3) is 11.3 Å². The van der Waals surface area contributed by atoms with E-state index in [-0.39, 0.29) is 0 Å². The number of hydrogen-bond donors (Lipinski definition) is 2. The molecular formula is C31H32N8. The molecule has 196 valence electrons. The van der Waals surface area contributed by atoms with E-state index in [2.05, 4.69) is 101 Å². The van der Waals surface area contributed by atoms with Gasteiger partial charge in [-0.3, -0.25) is 0 Å². The number of nitrogens with one attached hydrogen (secondary N) is 2. The van der Waals surface area contributed by atoms with Crippen LogP contribution in [-0.2, 0) is 19.4 Å². The lowest BCUT2D eigenvalue weighted by Crippen LogP contribution is -2.33. The monoisotopic (exact) mass is 516 g/mol. The molecule has 8 heteroatoms.